The number of allylic oxidation sites excluding steroid dienone is 5. The largest absolute Gasteiger partial charge is 0.508 e. The number of aliphatic hydroxyl groups excluding tert-OH is 1. The number of esters is 2. The highest BCUT2D eigenvalue weighted by molar-refractivity contribution is 6.07. The SMILES string of the molecule is CC[C@H](/C=C1\OC(=O)C2=C3c4cc(O)ccc4-c4cccc(c4)CNCCc4cc(CNC)cc(c4)[C@@H](NC[C@H](C)O)[C@H]4CC[C@@]([C@@H]5CCN[C@H](NCCCC(C)C)C5)(CC=C5OC(=O)C6=C5CC[C@H]5[C@H]3CC[C@@]21[C@@H]65)C4)Cc1ccccc1. The van der Waals surface area contributed by atoms with Gasteiger partial charge in [-0.1, -0.05) is 93.6 Å². The van der Waals surface area contributed by atoms with E-state index in [0.29, 0.717) is 55.0 Å². The highest BCUT2D eigenvalue weighted by Gasteiger charge is 2.68. The molecule has 11 atom stereocenters. The maximum absolute atomic E-state index is 15.3. The Bertz CT molecular complexity index is 3180. The first-order valence-electron chi connectivity index (χ1n) is 32.0. The predicted molar refractivity (Wildman–Crippen MR) is 329 cm³/mol. The third-order valence-corrected chi connectivity index (χ3v) is 21.0. The van der Waals surface area contributed by atoms with E-state index in [-0.39, 0.29) is 59.0 Å². The molecule has 2 saturated carbocycles. The van der Waals surface area contributed by atoms with E-state index >= 15 is 9.59 Å². The standard InChI is InChI=1S/C72H91N5O6/c1-6-46(32-47-13-8-7-9-14-47)37-62-72-28-22-57-58-19-20-59-61(82-69(80)65(59)66(58)72)23-27-71(54-25-31-76-63(38-54)75-29-11-12-44(2)3)26-21-52(40-71)68(77-41-45(4)78)53-34-48(33-50(36-53)42-73-5)24-30-74-43-49-15-10-16-51(35-49)56-18-17-55(79)39-60(56)64(57)67(72)70(81)83-62/h7-10,13-18,23,33-37,39,44-46,52,54,57-58,63,66,68,73-79H,6,11-12,19-22,24-32,38,40-43H2,1-5H3/b61-23?,62-37-/t45-,46-,52-,54+,57+,58-,63-,66+,68-,71+,72+/m0/s1. The lowest BCUT2D eigenvalue weighted by atomic mass is 9.44. The van der Waals surface area contributed by atoms with Crippen molar-refractivity contribution in [2.24, 2.45) is 52.3 Å². The number of aromatic hydroxyl groups is 1. The summed E-state index contributed by atoms with van der Waals surface area (Å²) in [5, 5.41) is 41.4. The number of aliphatic hydroxyl groups is 1. The second-order valence-electron chi connectivity index (χ2n) is 26.7. The molecule has 5 aliphatic heterocycles. The summed E-state index contributed by atoms with van der Waals surface area (Å²) in [6, 6.07) is 32.2. The van der Waals surface area contributed by atoms with Crippen LogP contribution in [0.25, 0.3) is 16.7 Å². The van der Waals surface area contributed by atoms with Gasteiger partial charge in [0.2, 0.25) is 0 Å². The first kappa shape index (κ1) is 57.8. The molecule has 440 valence electrons. The Kier molecular flexibility index (Phi) is 17.2. The second-order valence-corrected chi connectivity index (χ2v) is 26.7. The van der Waals surface area contributed by atoms with Gasteiger partial charge in [0.15, 0.2) is 0 Å². The molecule has 83 heavy (non-hydrogen) atoms. The van der Waals surface area contributed by atoms with Gasteiger partial charge in [0, 0.05) is 42.7 Å². The van der Waals surface area contributed by atoms with Crippen molar-refractivity contribution in [3.63, 3.8) is 0 Å². The Balaban J connectivity index is 1.01. The zero-order valence-electron chi connectivity index (χ0n) is 50.0. The van der Waals surface area contributed by atoms with Crippen LogP contribution in [0.3, 0.4) is 0 Å². The molecule has 5 heterocycles. The van der Waals surface area contributed by atoms with Crippen LogP contribution in [0.4, 0.5) is 0 Å². The van der Waals surface area contributed by atoms with Crippen LogP contribution in [0.1, 0.15) is 151 Å². The number of rotatable bonds is 15. The van der Waals surface area contributed by atoms with Crippen LogP contribution in [0.2, 0.25) is 0 Å². The van der Waals surface area contributed by atoms with Crippen LogP contribution in [0.5, 0.6) is 5.75 Å². The fraction of sp³-hybridized carbons (Fsp3) is 0.528. The van der Waals surface area contributed by atoms with Crippen molar-refractivity contribution in [1.82, 2.24) is 26.6 Å². The van der Waals surface area contributed by atoms with Gasteiger partial charge >= 0.3 is 11.9 Å². The molecule has 14 rings (SSSR count). The second kappa shape index (κ2) is 24.7. The molecule has 4 fully saturated rings. The number of carbonyl (C=O) groups is 2. The summed E-state index contributed by atoms with van der Waals surface area (Å²) in [5.74, 6) is 2.17. The van der Waals surface area contributed by atoms with Crippen molar-refractivity contribution >= 4 is 17.5 Å². The van der Waals surface area contributed by atoms with E-state index in [1.807, 2.05) is 26.1 Å². The topological polar surface area (TPSA) is 153 Å². The van der Waals surface area contributed by atoms with E-state index in [2.05, 4.69) is 132 Å². The van der Waals surface area contributed by atoms with Gasteiger partial charge in [0.1, 0.15) is 17.3 Å². The van der Waals surface area contributed by atoms with E-state index in [1.54, 1.807) is 6.07 Å². The average molecular weight is 1120 g/mol. The highest BCUT2D eigenvalue weighted by Crippen LogP contribution is 2.72. The fourth-order valence-corrected chi connectivity index (χ4v) is 17.2. The number of cyclic esters (lactones) is 1. The molecule has 1 spiro atoms. The summed E-state index contributed by atoms with van der Waals surface area (Å²) in [5.41, 5.74) is 11.5. The van der Waals surface area contributed by atoms with Crippen LogP contribution in [0, 0.1) is 52.3 Å². The van der Waals surface area contributed by atoms with Crippen molar-refractivity contribution in [3.05, 3.63) is 165 Å². The zero-order chi connectivity index (χ0) is 57.4. The Morgan fingerprint density at radius 2 is 1.70 bits per heavy atom. The van der Waals surface area contributed by atoms with Crippen LogP contribution in [-0.2, 0) is 45.0 Å². The number of benzene rings is 4. The predicted octanol–water partition coefficient (Wildman–Crippen LogP) is 12.3. The van der Waals surface area contributed by atoms with E-state index < -0.39 is 11.5 Å². The summed E-state index contributed by atoms with van der Waals surface area (Å²) in [4.78, 5) is 30.7. The van der Waals surface area contributed by atoms with Gasteiger partial charge in [-0.3, -0.25) is 0 Å². The molecule has 7 N–H and O–H groups in total. The van der Waals surface area contributed by atoms with Crippen LogP contribution >= 0.6 is 0 Å². The molecule has 11 heteroatoms. The van der Waals surface area contributed by atoms with Gasteiger partial charge in [-0.05, 0) is 251 Å². The lowest BCUT2D eigenvalue weighted by Crippen LogP contribution is -2.52. The normalized spacial score (nSPS) is 29.8. The number of nitrogens with one attached hydrogen (secondary N) is 5. The smallest absolute Gasteiger partial charge is 0.340 e. The fourth-order valence-electron chi connectivity index (χ4n) is 17.2. The lowest BCUT2D eigenvalue weighted by Gasteiger charge is -2.56. The Morgan fingerprint density at radius 1 is 0.831 bits per heavy atom. The molecule has 5 aliphatic carbocycles. The summed E-state index contributed by atoms with van der Waals surface area (Å²) >= 11 is 0. The van der Waals surface area contributed by atoms with Crippen molar-refractivity contribution < 1.29 is 29.3 Å². The molecule has 2 saturated heterocycles. The number of hydrogen-bond acceptors (Lipinski definition) is 11. The number of ether oxygens (including phenoxy) is 2. The van der Waals surface area contributed by atoms with Crippen molar-refractivity contribution in [2.75, 3.05) is 33.2 Å². The number of fused-ring (bicyclic) bond motifs is 5. The zero-order valence-corrected chi connectivity index (χ0v) is 50.0. The molecule has 0 amide bonds. The number of piperidine rings is 1. The summed E-state index contributed by atoms with van der Waals surface area (Å²) in [6.45, 7) is 13.4. The number of phenolic OH excluding ortho intramolecular Hbond substituents is 1. The maximum atomic E-state index is 15.3. The van der Waals surface area contributed by atoms with Crippen molar-refractivity contribution in [1.29, 1.82) is 0 Å². The molecule has 14 bridgehead atoms. The molecular weight excluding hydrogens is 1030 g/mol. The minimum absolute atomic E-state index is 0.0388. The monoisotopic (exact) mass is 1120 g/mol. The van der Waals surface area contributed by atoms with E-state index in [4.69, 9.17) is 9.47 Å². The van der Waals surface area contributed by atoms with E-state index in [9.17, 15) is 10.2 Å². The lowest BCUT2D eigenvalue weighted by molar-refractivity contribution is -0.135. The van der Waals surface area contributed by atoms with Crippen LogP contribution in [-0.4, -0.2) is 67.6 Å². The van der Waals surface area contributed by atoms with Gasteiger partial charge in [-0.15, -0.1) is 0 Å². The van der Waals surface area contributed by atoms with Crippen LogP contribution in [0.15, 0.2) is 131 Å². The van der Waals surface area contributed by atoms with Crippen LogP contribution < -0.4 is 26.6 Å². The van der Waals surface area contributed by atoms with Gasteiger partial charge < -0.3 is 46.3 Å². The number of phenols is 1. The summed E-state index contributed by atoms with van der Waals surface area (Å²) in [6.07, 6.45) is 18.3. The summed E-state index contributed by atoms with van der Waals surface area (Å²) in [7, 11) is 2.02. The van der Waals surface area contributed by atoms with E-state index in [1.165, 1.54) is 28.7 Å². The highest BCUT2D eigenvalue weighted by atomic mass is 16.6. The molecule has 11 nitrogen and oxygen atoms in total. The van der Waals surface area contributed by atoms with Gasteiger partial charge in [0.25, 0.3) is 0 Å². The Morgan fingerprint density at radius 3 is 2.52 bits per heavy atom. The van der Waals surface area contributed by atoms with Gasteiger partial charge in [-0.2, -0.15) is 0 Å². The molecule has 0 unspecified atom stereocenters. The number of carbonyl (C=O) groups excluding carboxylic acids is 2. The third kappa shape index (κ3) is 11.5. The summed E-state index contributed by atoms with van der Waals surface area (Å²) < 4.78 is 13.5. The quantitative estimate of drug-likeness (QED) is 0.0450. The molecule has 0 aromatic heterocycles. The third-order valence-electron chi connectivity index (χ3n) is 21.0. The Labute approximate surface area is 493 Å². The van der Waals surface area contributed by atoms with E-state index in [0.717, 1.165) is 148 Å². The number of hydrogen-bond donors (Lipinski definition) is 7. The Hall–Kier alpha value is -5.66. The molecule has 0 radical (unpaired) electrons. The first-order valence-corrected chi connectivity index (χ1v) is 32.0. The minimum atomic E-state index is -0.893. The average Bonchev–Trinajstić information content (AvgIpc) is 1.84. The molecular formula is C72H91N5O6. The molecule has 4 aromatic carbocycles. The molecule has 4 aromatic rings. The van der Waals surface area contributed by atoms with Gasteiger partial charge in [-0.25, -0.2) is 9.59 Å². The van der Waals surface area contributed by atoms with Gasteiger partial charge in [0.05, 0.1) is 23.3 Å². The molecule has 10 aliphatic rings. The van der Waals surface area contributed by atoms with Crippen molar-refractivity contribution in [3.8, 4) is 16.9 Å². The first-order chi connectivity index (χ1) is 40.3. The minimum Gasteiger partial charge on any atom is -0.508 e. The maximum Gasteiger partial charge on any atom is 0.340 e. The van der Waals surface area contributed by atoms with Crippen molar-refractivity contribution in [2.45, 2.75) is 155 Å².